The van der Waals surface area contributed by atoms with E-state index in [1.165, 1.54) is 12.5 Å². The van der Waals surface area contributed by atoms with Gasteiger partial charge in [-0.3, -0.25) is 13.7 Å². The monoisotopic (exact) mass is 502 g/mol. The standard InChI is InChI=1S/C22H26N6O6S/c1-14-9-18(27-28(14)11-15-5-3-2-4-6-15)19(29)17-10-24-13-25-21(17)26-22(31)8-7-16(20(22)30)12-34-35(23,32)33/h2-6,9-10,13,16,20,30-31H,7-8,11-12H2,1H3,(H2,23,32,33)(H,24,25,26)/t16-,20-,22+/m1/s1. The molecule has 3 atom stereocenters. The van der Waals surface area contributed by atoms with Crippen molar-refractivity contribution in [2.45, 2.75) is 38.1 Å². The first kappa shape index (κ1) is 24.9. The van der Waals surface area contributed by atoms with E-state index in [9.17, 15) is 23.4 Å². The van der Waals surface area contributed by atoms with E-state index in [1.54, 1.807) is 10.7 Å². The summed E-state index contributed by atoms with van der Waals surface area (Å²) in [5, 5.41) is 33.6. The molecule has 2 heterocycles. The third-order valence-electron chi connectivity index (χ3n) is 5.96. The Morgan fingerprint density at radius 1 is 1.34 bits per heavy atom. The maximum absolute atomic E-state index is 13.3. The number of anilines is 1. The number of nitrogens with two attached hydrogens (primary N) is 1. The average molecular weight is 503 g/mol. The lowest BCUT2D eigenvalue weighted by atomic mass is 10.0. The van der Waals surface area contributed by atoms with Crippen LogP contribution in [0.3, 0.4) is 0 Å². The first-order chi connectivity index (χ1) is 16.6. The number of carbonyl (C=O) groups excluding carboxylic acids is 1. The molecule has 0 amide bonds. The van der Waals surface area contributed by atoms with Crippen LogP contribution >= 0.6 is 0 Å². The second-order valence-electron chi connectivity index (χ2n) is 8.50. The molecule has 0 unspecified atom stereocenters. The zero-order valence-corrected chi connectivity index (χ0v) is 19.7. The SMILES string of the molecule is Cc1cc(C(=O)c2cncnc2N[C@]2(O)CC[C@H](COS(N)(=O)=O)[C@H]2O)nn1Cc1ccccc1. The van der Waals surface area contributed by atoms with Crippen LogP contribution in [0, 0.1) is 12.8 Å². The summed E-state index contributed by atoms with van der Waals surface area (Å²) in [5.41, 5.74) is 0.169. The van der Waals surface area contributed by atoms with Crippen molar-refractivity contribution in [3.8, 4) is 0 Å². The zero-order valence-electron chi connectivity index (χ0n) is 18.9. The summed E-state index contributed by atoms with van der Waals surface area (Å²) in [7, 11) is -4.19. The molecule has 0 aliphatic heterocycles. The van der Waals surface area contributed by atoms with Gasteiger partial charge in [0.1, 0.15) is 23.9 Å². The average Bonchev–Trinajstić information content (AvgIpc) is 3.31. The van der Waals surface area contributed by atoms with Crippen molar-refractivity contribution in [1.29, 1.82) is 0 Å². The molecule has 0 spiro atoms. The smallest absolute Gasteiger partial charge is 0.333 e. The van der Waals surface area contributed by atoms with E-state index in [0.29, 0.717) is 6.54 Å². The third kappa shape index (κ3) is 5.71. The predicted octanol–water partition coefficient (Wildman–Crippen LogP) is 0.352. The van der Waals surface area contributed by atoms with Crippen LogP contribution < -0.4 is 10.5 Å². The summed E-state index contributed by atoms with van der Waals surface area (Å²) in [6.07, 6.45) is 1.39. The van der Waals surface area contributed by atoms with E-state index in [-0.39, 0.29) is 29.9 Å². The Morgan fingerprint density at radius 2 is 2.09 bits per heavy atom. The molecule has 1 fully saturated rings. The Morgan fingerprint density at radius 3 is 2.80 bits per heavy atom. The summed E-state index contributed by atoms with van der Waals surface area (Å²) in [4.78, 5) is 21.3. The maximum Gasteiger partial charge on any atom is 0.333 e. The van der Waals surface area contributed by atoms with Crippen LogP contribution in [0.2, 0.25) is 0 Å². The molecule has 1 aliphatic carbocycles. The molecule has 0 bridgehead atoms. The van der Waals surface area contributed by atoms with Gasteiger partial charge in [0, 0.05) is 17.8 Å². The molecule has 0 radical (unpaired) electrons. The summed E-state index contributed by atoms with van der Waals surface area (Å²) in [5.74, 6) is -1.16. The van der Waals surface area contributed by atoms with Gasteiger partial charge in [0.25, 0.3) is 0 Å². The Labute approximate surface area is 202 Å². The summed E-state index contributed by atoms with van der Waals surface area (Å²) >= 11 is 0. The summed E-state index contributed by atoms with van der Waals surface area (Å²) in [6.45, 7) is 1.94. The number of aliphatic hydroxyl groups excluding tert-OH is 1. The minimum Gasteiger partial charge on any atom is -0.388 e. The topological polar surface area (TPSA) is 183 Å². The van der Waals surface area contributed by atoms with Gasteiger partial charge in [-0.15, -0.1) is 0 Å². The number of hydrogen-bond acceptors (Lipinski definition) is 10. The fourth-order valence-corrected chi connectivity index (χ4v) is 4.43. The van der Waals surface area contributed by atoms with Gasteiger partial charge in [0.15, 0.2) is 5.72 Å². The lowest BCUT2D eigenvalue weighted by Crippen LogP contribution is -2.48. The molecule has 35 heavy (non-hydrogen) atoms. The molecule has 1 aromatic carbocycles. The van der Waals surface area contributed by atoms with Gasteiger partial charge < -0.3 is 15.5 Å². The van der Waals surface area contributed by atoms with E-state index in [0.717, 1.165) is 11.3 Å². The van der Waals surface area contributed by atoms with E-state index in [2.05, 4.69) is 24.6 Å². The number of carbonyl (C=O) groups is 1. The number of aromatic nitrogens is 4. The van der Waals surface area contributed by atoms with Crippen molar-refractivity contribution in [2.24, 2.45) is 11.1 Å². The molecule has 1 saturated carbocycles. The number of nitrogens with one attached hydrogen (secondary N) is 1. The highest BCUT2D eigenvalue weighted by Crippen LogP contribution is 2.36. The van der Waals surface area contributed by atoms with E-state index in [1.807, 2.05) is 37.3 Å². The van der Waals surface area contributed by atoms with Crippen LogP contribution in [-0.4, -0.2) is 62.6 Å². The van der Waals surface area contributed by atoms with E-state index in [4.69, 9.17) is 5.14 Å². The van der Waals surface area contributed by atoms with Gasteiger partial charge in [-0.05, 0) is 31.4 Å². The van der Waals surface area contributed by atoms with Crippen LogP contribution in [0.5, 0.6) is 0 Å². The Balaban J connectivity index is 1.53. The van der Waals surface area contributed by atoms with Crippen molar-refractivity contribution in [1.82, 2.24) is 19.7 Å². The molecule has 3 aromatic rings. The number of nitrogens with zero attached hydrogens (tertiary/aromatic N) is 4. The van der Waals surface area contributed by atoms with Gasteiger partial charge in [-0.2, -0.15) is 13.5 Å². The second kappa shape index (κ2) is 9.79. The van der Waals surface area contributed by atoms with Crippen molar-refractivity contribution >= 4 is 21.9 Å². The molecular weight excluding hydrogens is 476 g/mol. The van der Waals surface area contributed by atoms with Gasteiger partial charge in [-0.25, -0.2) is 15.1 Å². The minimum absolute atomic E-state index is 0.00910. The molecule has 5 N–H and O–H groups in total. The fraction of sp³-hybridized carbons (Fsp3) is 0.364. The van der Waals surface area contributed by atoms with Gasteiger partial charge in [0.05, 0.1) is 18.7 Å². The largest absolute Gasteiger partial charge is 0.388 e. The first-order valence-corrected chi connectivity index (χ1v) is 12.3. The number of hydrogen-bond donors (Lipinski definition) is 4. The Bertz CT molecular complexity index is 1310. The van der Waals surface area contributed by atoms with Gasteiger partial charge in [-0.1, -0.05) is 30.3 Å². The molecule has 2 aromatic heterocycles. The molecule has 12 nitrogen and oxygen atoms in total. The molecule has 186 valence electrons. The minimum atomic E-state index is -4.19. The van der Waals surface area contributed by atoms with Crippen LogP contribution in [0.1, 0.15) is 40.2 Å². The third-order valence-corrected chi connectivity index (χ3v) is 6.42. The Kier molecular flexibility index (Phi) is 6.96. The Hall–Kier alpha value is -3.23. The van der Waals surface area contributed by atoms with Crippen LogP contribution in [0.4, 0.5) is 5.82 Å². The molecule has 0 saturated heterocycles. The second-order valence-corrected chi connectivity index (χ2v) is 9.72. The van der Waals surface area contributed by atoms with Crippen LogP contribution in [0.25, 0.3) is 0 Å². The van der Waals surface area contributed by atoms with E-state index < -0.39 is 40.4 Å². The van der Waals surface area contributed by atoms with Gasteiger partial charge in [0.2, 0.25) is 5.78 Å². The first-order valence-electron chi connectivity index (χ1n) is 10.8. The predicted molar refractivity (Wildman–Crippen MR) is 124 cm³/mol. The molecular formula is C22H26N6O6S. The molecule has 4 rings (SSSR count). The summed E-state index contributed by atoms with van der Waals surface area (Å²) < 4.78 is 28.4. The highest BCUT2D eigenvalue weighted by Gasteiger charge is 2.47. The van der Waals surface area contributed by atoms with Gasteiger partial charge >= 0.3 is 10.3 Å². The van der Waals surface area contributed by atoms with Crippen LogP contribution in [-0.2, 0) is 21.0 Å². The van der Waals surface area contributed by atoms with Crippen molar-refractivity contribution < 1.29 is 27.6 Å². The molecule has 1 aliphatic rings. The highest BCUT2D eigenvalue weighted by molar-refractivity contribution is 7.84. The normalized spacial score (nSPS) is 22.3. The number of aryl methyl sites for hydroxylation is 1. The molecule has 13 heteroatoms. The summed E-state index contributed by atoms with van der Waals surface area (Å²) in [6, 6.07) is 11.3. The van der Waals surface area contributed by atoms with Crippen molar-refractivity contribution in [3.63, 3.8) is 0 Å². The van der Waals surface area contributed by atoms with E-state index >= 15 is 0 Å². The zero-order chi connectivity index (χ0) is 25.2. The number of benzene rings is 1. The lowest BCUT2D eigenvalue weighted by Gasteiger charge is -2.30. The number of ketones is 1. The quantitative estimate of drug-likeness (QED) is 0.235. The van der Waals surface area contributed by atoms with Crippen molar-refractivity contribution in [3.05, 3.63) is 71.4 Å². The fourth-order valence-electron chi connectivity index (χ4n) is 4.07. The number of aliphatic hydroxyl groups is 2. The lowest BCUT2D eigenvalue weighted by molar-refractivity contribution is -0.0527. The van der Waals surface area contributed by atoms with Crippen molar-refractivity contribution in [2.75, 3.05) is 11.9 Å². The van der Waals surface area contributed by atoms with Crippen LogP contribution in [0.15, 0.2) is 48.9 Å². The number of rotatable bonds is 9. The maximum atomic E-state index is 13.3. The highest BCUT2D eigenvalue weighted by atomic mass is 32.2.